The lowest BCUT2D eigenvalue weighted by Gasteiger charge is -2.46. The van der Waals surface area contributed by atoms with Crippen molar-refractivity contribution in [3.05, 3.63) is 90.3 Å². The summed E-state index contributed by atoms with van der Waals surface area (Å²) in [5, 5.41) is 0.442. The fourth-order valence-corrected chi connectivity index (χ4v) is 9.28. The zero-order valence-corrected chi connectivity index (χ0v) is 21.7. The van der Waals surface area contributed by atoms with Gasteiger partial charge in [-0.1, -0.05) is 87.5 Å². The Labute approximate surface area is 205 Å². The van der Waals surface area contributed by atoms with Gasteiger partial charge >= 0.3 is 12.3 Å². The van der Waals surface area contributed by atoms with Crippen LogP contribution in [-0.4, -0.2) is 35.3 Å². The lowest BCUT2D eigenvalue weighted by molar-refractivity contribution is -0.183. The minimum Gasteiger partial charge on any atom is -0.368 e. The van der Waals surface area contributed by atoms with Gasteiger partial charge in [-0.15, -0.1) is 0 Å². The molecule has 3 rings (SSSR count). The third-order valence-electron chi connectivity index (χ3n) is 5.73. The maximum Gasteiger partial charge on any atom is 0.305 e. The number of halogens is 3. The number of pyridine rings is 1. The molecule has 1 aromatic heterocycles. The Morgan fingerprint density at radius 2 is 1.40 bits per heavy atom. The highest BCUT2D eigenvalue weighted by atomic mass is 32.2. The molecule has 0 N–H and O–H groups in total. The summed E-state index contributed by atoms with van der Waals surface area (Å²) in [7, 11) is -6.77. The van der Waals surface area contributed by atoms with E-state index in [2.05, 4.69) is 9.17 Å². The zero-order valence-electron chi connectivity index (χ0n) is 19.9. The van der Waals surface area contributed by atoms with Gasteiger partial charge < -0.3 is 4.43 Å². The lowest BCUT2D eigenvalue weighted by Crippen LogP contribution is -2.69. The van der Waals surface area contributed by atoms with Crippen LogP contribution in [0.25, 0.3) is 0 Å². The van der Waals surface area contributed by atoms with Crippen LogP contribution in [0.15, 0.2) is 78.9 Å². The highest BCUT2D eigenvalue weighted by molar-refractivity contribution is 7.85. The van der Waals surface area contributed by atoms with Crippen LogP contribution in [0.2, 0.25) is 5.04 Å². The van der Waals surface area contributed by atoms with Gasteiger partial charge in [0.1, 0.15) is 11.4 Å². The van der Waals surface area contributed by atoms with Crippen molar-refractivity contribution in [2.45, 2.75) is 43.8 Å². The molecule has 3 aromatic rings. The maximum atomic E-state index is 16.6. The number of rotatable bonds is 9. The zero-order chi connectivity index (χ0) is 25.9. The second kappa shape index (κ2) is 10.2. The average Bonchev–Trinajstić information content (AvgIpc) is 2.82. The first-order valence-corrected chi connectivity index (χ1v) is 14.4. The molecule has 0 spiro atoms. The summed E-state index contributed by atoms with van der Waals surface area (Å²) in [4.78, 5) is 3.94. The molecule has 0 aliphatic rings. The van der Waals surface area contributed by atoms with Crippen LogP contribution in [0.4, 0.5) is 13.2 Å². The Morgan fingerprint density at radius 3 is 1.83 bits per heavy atom. The molecule has 0 radical (unpaired) electrons. The van der Waals surface area contributed by atoms with Crippen LogP contribution in [0.5, 0.6) is 0 Å². The van der Waals surface area contributed by atoms with Gasteiger partial charge in [-0.05, 0) is 27.5 Å². The predicted molar refractivity (Wildman–Crippen MR) is 131 cm³/mol. The fraction of sp³-hybridized carbons (Fsp3) is 0.320. The van der Waals surface area contributed by atoms with Crippen LogP contribution in [0.3, 0.4) is 0 Å². The van der Waals surface area contributed by atoms with E-state index in [4.69, 9.17) is 4.43 Å². The molecule has 5 nitrogen and oxygen atoms in total. The Morgan fingerprint density at radius 1 is 0.886 bits per heavy atom. The highest BCUT2D eigenvalue weighted by Crippen LogP contribution is 2.44. The Balaban J connectivity index is 2.26. The van der Waals surface area contributed by atoms with Crippen molar-refractivity contribution >= 4 is 28.8 Å². The van der Waals surface area contributed by atoms with Crippen molar-refractivity contribution < 1.29 is 30.2 Å². The molecule has 2 aromatic carbocycles. The minimum absolute atomic E-state index is 0.141. The summed E-state index contributed by atoms with van der Waals surface area (Å²) in [6, 6.07) is 21.3. The maximum absolute atomic E-state index is 16.6. The van der Waals surface area contributed by atoms with Gasteiger partial charge in [0.2, 0.25) is 0 Å². The number of nitrogens with zero attached hydrogens (tertiary/aromatic N) is 1. The molecule has 0 aliphatic carbocycles. The van der Waals surface area contributed by atoms with Gasteiger partial charge in [-0.2, -0.15) is 12.8 Å². The molecule has 188 valence electrons. The number of hydrogen-bond acceptors (Lipinski definition) is 5. The summed E-state index contributed by atoms with van der Waals surface area (Å²) in [5.74, 6) is -4.31. The summed E-state index contributed by atoms with van der Waals surface area (Å²) < 4.78 is 80.0. The molecule has 10 heteroatoms. The summed E-state index contributed by atoms with van der Waals surface area (Å²) in [5.41, 5.74) is -0.845. The van der Waals surface area contributed by atoms with Gasteiger partial charge in [0, 0.05) is 0 Å². The van der Waals surface area contributed by atoms with E-state index in [-0.39, 0.29) is 5.69 Å². The number of hydrogen-bond donors (Lipinski definition) is 0. The third kappa shape index (κ3) is 5.50. The topological polar surface area (TPSA) is 65.5 Å². The molecule has 1 heterocycles. The van der Waals surface area contributed by atoms with E-state index >= 15 is 4.39 Å². The Hall–Kier alpha value is -2.53. The van der Waals surface area contributed by atoms with Crippen LogP contribution in [0, 0.1) is 0 Å². The van der Waals surface area contributed by atoms with Crippen molar-refractivity contribution in [2.75, 3.05) is 7.11 Å². The normalized spacial score (nSPS) is 14.6. The smallest absolute Gasteiger partial charge is 0.305 e. The predicted octanol–water partition coefficient (Wildman–Crippen LogP) is 4.52. The second-order valence-electron chi connectivity index (χ2n) is 9.09. The first-order valence-electron chi connectivity index (χ1n) is 10.9. The fourth-order valence-electron chi connectivity index (χ4n) is 4.07. The van der Waals surface area contributed by atoms with Crippen molar-refractivity contribution in [2.24, 2.45) is 0 Å². The molecule has 1 atom stereocenters. The van der Waals surface area contributed by atoms with Crippen LogP contribution < -0.4 is 10.4 Å². The lowest BCUT2D eigenvalue weighted by atomic mass is 10.2. The number of alkyl halides is 3. The Bertz CT molecular complexity index is 1200. The van der Waals surface area contributed by atoms with E-state index in [0.717, 1.165) is 13.2 Å². The first-order chi connectivity index (χ1) is 16.4. The van der Waals surface area contributed by atoms with E-state index in [9.17, 15) is 17.2 Å². The van der Waals surface area contributed by atoms with Crippen molar-refractivity contribution in [1.29, 1.82) is 0 Å². The van der Waals surface area contributed by atoms with E-state index in [1.807, 2.05) is 20.8 Å². The SMILES string of the molecule is COS(=O)(=O)Cc1cccc(C(F)(O[Si](c2ccccc2)(c2ccccc2)C(C)(C)C)C(F)F)n1. The molecule has 35 heavy (non-hydrogen) atoms. The summed E-state index contributed by atoms with van der Waals surface area (Å²) >= 11 is 0. The second-order valence-corrected chi connectivity index (χ2v) is 15.1. The molecule has 0 amide bonds. The molecule has 0 saturated carbocycles. The standard InChI is InChI=1S/C25H28F3NO4SSi/c1-24(2,3)35(20-13-7-5-8-14-20,21-15-9-6-10-16-21)33-25(28,23(26)27)22-17-11-12-19(29-22)18-34(30,31)32-4/h5-17,23H,18H2,1-4H3. The average molecular weight is 524 g/mol. The first kappa shape index (κ1) is 27.1. The van der Waals surface area contributed by atoms with Gasteiger partial charge in [0.05, 0.1) is 12.8 Å². The van der Waals surface area contributed by atoms with E-state index in [1.165, 1.54) is 12.1 Å². The molecular formula is C25H28F3NO4SSi. The monoisotopic (exact) mass is 523 g/mol. The largest absolute Gasteiger partial charge is 0.368 e. The van der Waals surface area contributed by atoms with E-state index in [1.54, 1.807) is 60.7 Å². The van der Waals surface area contributed by atoms with Gasteiger partial charge in [-0.3, -0.25) is 9.17 Å². The van der Waals surface area contributed by atoms with E-state index < -0.39 is 47.2 Å². The van der Waals surface area contributed by atoms with Crippen molar-refractivity contribution in [3.8, 4) is 0 Å². The molecule has 0 bridgehead atoms. The molecule has 0 fully saturated rings. The van der Waals surface area contributed by atoms with Crippen molar-refractivity contribution in [3.63, 3.8) is 0 Å². The molecular weight excluding hydrogens is 495 g/mol. The molecule has 0 aliphatic heterocycles. The highest BCUT2D eigenvalue weighted by Gasteiger charge is 2.59. The molecule has 0 saturated heterocycles. The summed E-state index contributed by atoms with van der Waals surface area (Å²) in [6.07, 6.45) is -3.61. The summed E-state index contributed by atoms with van der Waals surface area (Å²) in [6.45, 7) is 5.50. The number of aromatic nitrogens is 1. The van der Waals surface area contributed by atoms with Gasteiger partial charge in [-0.25, -0.2) is 8.78 Å². The Kier molecular flexibility index (Phi) is 7.90. The minimum atomic E-state index is -4.00. The number of benzene rings is 2. The van der Waals surface area contributed by atoms with E-state index in [0.29, 0.717) is 10.4 Å². The van der Waals surface area contributed by atoms with Gasteiger partial charge in [0.25, 0.3) is 18.4 Å². The van der Waals surface area contributed by atoms with Crippen LogP contribution in [-0.2, 0) is 30.3 Å². The third-order valence-corrected chi connectivity index (χ3v) is 11.9. The van der Waals surface area contributed by atoms with Gasteiger partial charge in [0.15, 0.2) is 0 Å². The van der Waals surface area contributed by atoms with Crippen LogP contribution in [0.1, 0.15) is 32.2 Å². The van der Waals surface area contributed by atoms with Crippen molar-refractivity contribution in [1.82, 2.24) is 4.98 Å². The van der Waals surface area contributed by atoms with Crippen LogP contribution >= 0.6 is 0 Å². The molecule has 1 unspecified atom stereocenters. The quantitative estimate of drug-likeness (QED) is 0.305.